The van der Waals surface area contributed by atoms with Gasteiger partial charge in [-0.05, 0) is 0 Å². The molecular formula is C6H3AgN3O7+. The summed E-state index contributed by atoms with van der Waals surface area (Å²) < 4.78 is 0. The molecule has 1 N–H and O–H groups in total. The Kier molecular flexibility index (Phi) is 4.70. The smallest absolute Gasteiger partial charge is 0.497 e. The molecule has 1 aromatic carbocycles. The molecule has 0 saturated heterocycles. The predicted molar refractivity (Wildman–Crippen MR) is 48.1 cm³/mol. The third-order valence-corrected chi connectivity index (χ3v) is 1.66. The fourth-order valence-electron chi connectivity index (χ4n) is 0.974. The van der Waals surface area contributed by atoms with Crippen molar-refractivity contribution >= 4 is 17.1 Å². The van der Waals surface area contributed by atoms with Gasteiger partial charge in [-0.2, -0.15) is 0 Å². The van der Waals surface area contributed by atoms with Crippen LogP contribution in [0, 0.1) is 30.3 Å². The van der Waals surface area contributed by atoms with E-state index < -0.39 is 37.6 Å². The van der Waals surface area contributed by atoms with Crippen LogP contribution in [0.2, 0.25) is 0 Å². The second-order valence-electron chi connectivity index (χ2n) is 2.60. The molecule has 0 aliphatic heterocycles. The van der Waals surface area contributed by atoms with Gasteiger partial charge in [0.25, 0.3) is 11.4 Å². The van der Waals surface area contributed by atoms with Crippen LogP contribution in [0.25, 0.3) is 0 Å². The second-order valence-corrected chi connectivity index (χ2v) is 2.60. The van der Waals surface area contributed by atoms with Crippen LogP contribution in [0.5, 0.6) is 5.75 Å². The van der Waals surface area contributed by atoms with Gasteiger partial charge in [-0.15, -0.1) is 0 Å². The summed E-state index contributed by atoms with van der Waals surface area (Å²) in [7, 11) is 0. The van der Waals surface area contributed by atoms with Crippen LogP contribution in [0.4, 0.5) is 17.1 Å². The number of hydrogen-bond acceptors (Lipinski definition) is 7. The van der Waals surface area contributed by atoms with E-state index in [4.69, 9.17) is 5.11 Å². The van der Waals surface area contributed by atoms with Gasteiger partial charge in [-0.3, -0.25) is 30.3 Å². The van der Waals surface area contributed by atoms with Crippen LogP contribution in [-0.4, -0.2) is 19.9 Å². The molecule has 0 amide bonds. The number of rotatable bonds is 3. The molecule has 0 atom stereocenters. The maximum atomic E-state index is 10.4. The Morgan fingerprint density at radius 2 is 1.24 bits per heavy atom. The molecule has 17 heavy (non-hydrogen) atoms. The Balaban J connectivity index is 0.00000256. The first-order valence-corrected chi connectivity index (χ1v) is 3.64. The standard InChI is InChI=1S/C6H3N3O7.Ag/c10-6-4(8(13)14)1-3(7(11)12)2-5(6)9(15)16;/h1-2,10H;/q;+1. The zero-order valence-corrected chi connectivity index (χ0v) is 9.18. The molecule has 94 valence electrons. The second kappa shape index (κ2) is 5.34. The first-order valence-electron chi connectivity index (χ1n) is 3.64. The number of phenolic OH excluding ortho intramolecular Hbond substituents is 1. The monoisotopic (exact) mass is 336 g/mol. The summed E-state index contributed by atoms with van der Waals surface area (Å²) in [5, 5.41) is 40.2. The van der Waals surface area contributed by atoms with Gasteiger partial charge >= 0.3 is 33.8 Å². The molecule has 1 rings (SSSR count). The van der Waals surface area contributed by atoms with E-state index >= 15 is 0 Å². The molecule has 0 aliphatic rings. The first-order chi connectivity index (χ1) is 7.34. The number of aromatic hydroxyl groups is 1. The Bertz CT molecular complexity index is 467. The maximum absolute atomic E-state index is 10.4. The van der Waals surface area contributed by atoms with Crippen molar-refractivity contribution < 1.29 is 42.3 Å². The summed E-state index contributed by atoms with van der Waals surface area (Å²) in [6.45, 7) is 0. The summed E-state index contributed by atoms with van der Waals surface area (Å²) in [6, 6.07) is 0.894. The molecule has 0 radical (unpaired) electrons. The van der Waals surface area contributed by atoms with Crippen molar-refractivity contribution in [3.05, 3.63) is 42.5 Å². The van der Waals surface area contributed by atoms with Gasteiger partial charge in [0.1, 0.15) is 0 Å². The van der Waals surface area contributed by atoms with Crippen LogP contribution in [0.3, 0.4) is 0 Å². The largest absolute Gasteiger partial charge is 1.00 e. The van der Waals surface area contributed by atoms with Crippen LogP contribution in [-0.2, 0) is 22.4 Å². The average molecular weight is 337 g/mol. The van der Waals surface area contributed by atoms with E-state index in [1.807, 2.05) is 0 Å². The van der Waals surface area contributed by atoms with Crippen molar-refractivity contribution in [2.75, 3.05) is 0 Å². The molecule has 0 heterocycles. The first kappa shape index (κ1) is 15.0. The van der Waals surface area contributed by atoms with E-state index in [2.05, 4.69) is 0 Å². The molecule has 1 aromatic rings. The van der Waals surface area contributed by atoms with Crippen molar-refractivity contribution in [1.29, 1.82) is 0 Å². The molecule has 0 unspecified atom stereocenters. The SMILES string of the molecule is O=[N+]([O-])c1cc([N+](=O)[O-])c(O)c([N+](=O)[O-])c1.[Ag+]. The minimum Gasteiger partial charge on any atom is -0.497 e. The normalized spacial score (nSPS) is 9.18. The fraction of sp³-hybridized carbons (Fsp3) is 0. The van der Waals surface area contributed by atoms with Gasteiger partial charge in [0.05, 0.1) is 26.9 Å². The van der Waals surface area contributed by atoms with Crippen molar-refractivity contribution in [2.45, 2.75) is 0 Å². The molecule has 0 bridgehead atoms. The zero-order chi connectivity index (χ0) is 12.5. The number of nitro benzene ring substituents is 3. The van der Waals surface area contributed by atoms with E-state index in [9.17, 15) is 30.3 Å². The molecule has 0 saturated carbocycles. The number of hydrogen-bond donors (Lipinski definition) is 1. The summed E-state index contributed by atoms with van der Waals surface area (Å²) in [4.78, 5) is 27.8. The van der Waals surface area contributed by atoms with Gasteiger partial charge in [-0.25, -0.2) is 0 Å². The van der Waals surface area contributed by atoms with Crippen LogP contribution >= 0.6 is 0 Å². The quantitative estimate of drug-likeness (QED) is 0.493. The predicted octanol–water partition coefficient (Wildman–Crippen LogP) is 1.11. The van der Waals surface area contributed by atoms with Crippen LogP contribution < -0.4 is 0 Å². The minimum absolute atomic E-state index is 0. The number of nitrogens with zero attached hydrogens (tertiary/aromatic N) is 3. The maximum Gasteiger partial charge on any atom is 1.00 e. The summed E-state index contributed by atoms with van der Waals surface area (Å²) in [6.07, 6.45) is 0. The molecule has 0 fully saturated rings. The van der Waals surface area contributed by atoms with E-state index in [-0.39, 0.29) is 22.4 Å². The van der Waals surface area contributed by atoms with E-state index in [1.54, 1.807) is 0 Å². The average Bonchev–Trinajstić information content (AvgIpc) is 2.16. The Labute approximate surface area is 108 Å². The number of benzene rings is 1. The molecular weight excluding hydrogens is 334 g/mol. The van der Waals surface area contributed by atoms with Crippen molar-refractivity contribution in [1.82, 2.24) is 0 Å². The Morgan fingerprint density at radius 1 is 0.882 bits per heavy atom. The van der Waals surface area contributed by atoms with Crippen LogP contribution in [0.1, 0.15) is 0 Å². The minimum atomic E-state index is -1.21. The zero-order valence-electron chi connectivity index (χ0n) is 7.69. The van der Waals surface area contributed by atoms with Crippen molar-refractivity contribution in [2.24, 2.45) is 0 Å². The number of phenols is 1. The van der Waals surface area contributed by atoms with Crippen molar-refractivity contribution in [3.8, 4) is 5.75 Å². The molecule has 10 nitrogen and oxygen atoms in total. The topological polar surface area (TPSA) is 150 Å². The fourth-order valence-corrected chi connectivity index (χ4v) is 0.974. The van der Waals surface area contributed by atoms with E-state index in [0.29, 0.717) is 12.1 Å². The Morgan fingerprint density at radius 3 is 1.47 bits per heavy atom. The molecule has 0 spiro atoms. The van der Waals surface area contributed by atoms with E-state index in [0.717, 1.165) is 0 Å². The van der Waals surface area contributed by atoms with Gasteiger partial charge < -0.3 is 5.11 Å². The van der Waals surface area contributed by atoms with Gasteiger partial charge in [0.2, 0.25) is 0 Å². The Hall–Kier alpha value is -2.04. The summed E-state index contributed by atoms with van der Waals surface area (Å²) in [5.74, 6) is -1.21. The molecule has 11 heteroatoms. The van der Waals surface area contributed by atoms with E-state index in [1.165, 1.54) is 0 Å². The van der Waals surface area contributed by atoms with Gasteiger partial charge in [-0.1, -0.05) is 0 Å². The van der Waals surface area contributed by atoms with Gasteiger partial charge in [0.15, 0.2) is 0 Å². The molecule has 0 aromatic heterocycles. The number of non-ortho nitro benzene ring substituents is 1. The summed E-state index contributed by atoms with van der Waals surface area (Å²) in [5.41, 5.74) is -3.00. The third-order valence-electron chi connectivity index (χ3n) is 1.66. The van der Waals surface area contributed by atoms with Crippen LogP contribution in [0.15, 0.2) is 12.1 Å². The number of nitro groups is 3. The molecule has 0 aliphatic carbocycles. The van der Waals surface area contributed by atoms with Crippen molar-refractivity contribution in [3.63, 3.8) is 0 Å². The van der Waals surface area contributed by atoms with Gasteiger partial charge in [0, 0.05) is 0 Å². The summed E-state index contributed by atoms with van der Waals surface area (Å²) >= 11 is 0. The third kappa shape index (κ3) is 2.96.